The molecule has 1 saturated carbocycles. The molecular weight excluding hydrogens is 360 g/mol. The Hall–Kier alpha value is -1.96. The molecule has 8 heteroatoms. The Morgan fingerprint density at radius 1 is 1.14 bits per heavy atom. The van der Waals surface area contributed by atoms with Crippen molar-refractivity contribution in [3.63, 3.8) is 0 Å². The van der Waals surface area contributed by atoms with E-state index in [9.17, 15) is 19.2 Å². The number of carbonyl (C=O) groups is 4. The number of carbonyl (C=O) groups excluding carboxylic acids is 4. The summed E-state index contributed by atoms with van der Waals surface area (Å²) < 4.78 is 0. The topological polar surface area (TPSA) is 130 Å². The lowest BCUT2D eigenvalue weighted by Crippen LogP contribution is -2.39. The molecule has 0 bridgehead atoms. The van der Waals surface area contributed by atoms with Crippen LogP contribution in [0.2, 0.25) is 0 Å². The maximum Gasteiger partial charge on any atom is 0.312 e. The van der Waals surface area contributed by atoms with Gasteiger partial charge in [-0.25, -0.2) is 4.79 Å². The average molecular weight is 401 g/mol. The highest BCUT2D eigenvalue weighted by atomic mass is 16.2. The van der Waals surface area contributed by atoms with Crippen molar-refractivity contribution in [3.8, 4) is 0 Å². The van der Waals surface area contributed by atoms with E-state index in [1.165, 1.54) is 6.42 Å². The number of ketones is 1. The zero-order valence-electron chi connectivity index (χ0n) is 18.3. The van der Waals surface area contributed by atoms with Gasteiger partial charge in [0, 0.05) is 23.9 Å². The monoisotopic (exact) mass is 400 g/mol. The Morgan fingerprint density at radius 3 is 1.93 bits per heavy atom. The van der Waals surface area contributed by atoms with Crippen molar-refractivity contribution in [2.45, 2.75) is 78.8 Å². The van der Waals surface area contributed by atoms with Crippen LogP contribution < -0.4 is 21.7 Å². The largest absolute Gasteiger partial charge is 0.352 e. The van der Waals surface area contributed by atoms with E-state index in [-0.39, 0.29) is 17.1 Å². The molecule has 3 amide bonds. The normalized spacial score (nSPS) is 15.0. The van der Waals surface area contributed by atoms with Crippen LogP contribution in [-0.4, -0.2) is 50.2 Å². The zero-order chi connectivity index (χ0) is 22.2. The third kappa shape index (κ3) is 15.1. The Morgan fingerprint density at radius 2 is 1.68 bits per heavy atom. The van der Waals surface area contributed by atoms with Gasteiger partial charge in [-0.05, 0) is 32.7 Å². The summed E-state index contributed by atoms with van der Waals surface area (Å²) in [4.78, 5) is 42.5. The van der Waals surface area contributed by atoms with Crippen molar-refractivity contribution in [1.82, 2.24) is 16.0 Å². The molecule has 0 radical (unpaired) electrons. The van der Waals surface area contributed by atoms with E-state index < -0.39 is 12.1 Å². The number of urea groups is 1. The summed E-state index contributed by atoms with van der Waals surface area (Å²) in [5.41, 5.74) is 4.97. The van der Waals surface area contributed by atoms with Crippen LogP contribution in [0.3, 0.4) is 0 Å². The van der Waals surface area contributed by atoms with Gasteiger partial charge in [0.2, 0.25) is 6.41 Å². The number of hydrogen-bond acceptors (Lipinski definition) is 5. The molecule has 28 heavy (non-hydrogen) atoms. The summed E-state index contributed by atoms with van der Waals surface area (Å²) in [6, 6.07) is -0.433. The van der Waals surface area contributed by atoms with E-state index in [2.05, 4.69) is 29.8 Å². The van der Waals surface area contributed by atoms with E-state index in [0.29, 0.717) is 31.8 Å². The highest BCUT2D eigenvalue weighted by Gasteiger charge is 2.30. The van der Waals surface area contributed by atoms with E-state index in [0.717, 1.165) is 19.1 Å². The van der Waals surface area contributed by atoms with Crippen LogP contribution in [0.25, 0.3) is 0 Å². The van der Waals surface area contributed by atoms with Gasteiger partial charge >= 0.3 is 6.03 Å². The second-order valence-electron chi connectivity index (χ2n) is 7.90. The number of nitrogens with two attached hydrogens (primary N) is 1. The van der Waals surface area contributed by atoms with Crippen molar-refractivity contribution >= 4 is 24.5 Å². The van der Waals surface area contributed by atoms with Gasteiger partial charge in [-0.1, -0.05) is 41.0 Å². The summed E-state index contributed by atoms with van der Waals surface area (Å²) in [5, 5.41) is 7.93. The molecule has 1 atom stereocenters. The Kier molecular flexibility index (Phi) is 16.2. The molecular formula is C20H40N4O4. The smallest absolute Gasteiger partial charge is 0.312 e. The minimum absolute atomic E-state index is 0.00817. The van der Waals surface area contributed by atoms with Gasteiger partial charge in [0.05, 0.1) is 6.04 Å². The molecule has 0 aliphatic heterocycles. The van der Waals surface area contributed by atoms with Gasteiger partial charge in [0.25, 0.3) is 0 Å². The molecule has 5 N–H and O–H groups in total. The number of amides is 3. The number of rotatable bonds is 10. The van der Waals surface area contributed by atoms with Crippen molar-refractivity contribution in [2.24, 2.45) is 17.1 Å². The fourth-order valence-electron chi connectivity index (χ4n) is 2.16. The van der Waals surface area contributed by atoms with E-state index in [4.69, 9.17) is 5.73 Å². The Bertz CT molecular complexity index is 463. The number of primary amides is 1. The fraction of sp³-hybridized carbons (Fsp3) is 0.800. The summed E-state index contributed by atoms with van der Waals surface area (Å²) >= 11 is 0. The molecule has 0 saturated heterocycles. The second kappa shape index (κ2) is 16.0. The SMILES string of the molecule is CC(C)C(=O)C(CCCNC(N)=O)NC=O.CC1(C=O)CCC1.CNC(C)C. The first-order valence-electron chi connectivity index (χ1n) is 9.93. The van der Waals surface area contributed by atoms with Gasteiger partial charge in [-0.3, -0.25) is 9.59 Å². The van der Waals surface area contributed by atoms with Crippen molar-refractivity contribution in [2.75, 3.05) is 13.6 Å². The van der Waals surface area contributed by atoms with Gasteiger partial charge < -0.3 is 26.5 Å². The molecule has 1 aliphatic rings. The van der Waals surface area contributed by atoms with Crippen LogP contribution >= 0.6 is 0 Å². The van der Waals surface area contributed by atoms with Gasteiger partial charge in [0.1, 0.15) is 6.29 Å². The molecule has 1 rings (SSSR count). The average Bonchev–Trinajstić information content (AvgIpc) is 2.62. The van der Waals surface area contributed by atoms with Crippen LogP contribution in [0.4, 0.5) is 4.79 Å². The number of hydrogen-bond donors (Lipinski definition) is 4. The zero-order valence-corrected chi connectivity index (χ0v) is 18.3. The second-order valence-corrected chi connectivity index (χ2v) is 7.90. The standard InChI is InChI=1S/C10H19N3O3.C6H10O.C4H11N/c1-7(2)9(15)8(13-6-14)4-3-5-12-10(11)16;1-6(5-7)3-2-4-6;1-4(2)5-3/h6-8H,3-5H2,1-2H3,(H,13,14)(H3,11,12,16);5H,2-4H2,1H3;4-5H,1-3H3. The molecule has 164 valence electrons. The fourth-order valence-corrected chi connectivity index (χ4v) is 2.16. The lowest BCUT2D eigenvalue weighted by atomic mass is 9.72. The van der Waals surface area contributed by atoms with Crippen LogP contribution in [0.1, 0.15) is 66.7 Å². The molecule has 1 aliphatic carbocycles. The molecule has 1 fully saturated rings. The Labute approximate surface area is 169 Å². The number of aldehydes is 1. The maximum absolute atomic E-state index is 11.6. The molecule has 0 aromatic carbocycles. The van der Waals surface area contributed by atoms with Gasteiger partial charge in [-0.15, -0.1) is 0 Å². The van der Waals surface area contributed by atoms with Gasteiger partial charge in [0.15, 0.2) is 5.78 Å². The first-order valence-corrected chi connectivity index (χ1v) is 9.93. The van der Waals surface area contributed by atoms with Crippen LogP contribution in [0.15, 0.2) is 0 Å². The van der Waals surface area contributed by atoms with E-state index >= 15 is 0 Å². The van der Waals surface area contributed by atoms with Crippen LogP contribution in [-0.2, 0) is 14.4 Å². The lowest BCUT2D eigenvalue weighted by molar-refractivity contribution is -0.126. The third-order valence-corrected chi connectivity index (χ3v) is 4.51. The molecule has 1 unspecified atom stereocenters. The van der Waals surface area contributed by atoms with Crippen LogP contribution in [0.5, 0.6) is 0 Å². The maximum atomic E-state index is 11.6. The number of nitrogens with one attached hydrogen (secondary N) is 3. The minimum atomic E-state index is -0.588. The summed E-state index contributed by atoms with van der Waals surface area (Å²) in [5.74, 6) is -0.132. The first-order chi connectivity index (χ1) is 13.0. The molecule has 0 spiro atoms. The summed E-state index contributed by atoms with van der Waals surface area (Å²) in [7, 11) is 1.95. The van der Waals surface area contributed by atoms with Crippen LogP contribution in [0, 0.1) is 11.3 Å². The molecule has 0 aromatic rings. The minimum Gasteiger partial charge on any atom is -0.352 e. The number of Topliss-reactive ketones (excluding diaryl/α,β-unsaturated/α-hetero) is 1. The summed E-state index contributed by atoms with van der Waals surface area (Å²) in [6.07, 6.45) is 6.15. The lowest BCUT2D eigenvalue weighted by Gasteiger charge is -2.31. The molecule has 8 nitrogen and oxygen atoms in total. The summed E-state index contributed by atoms with van der Waals surface area (Å²) in [6.45, 7) is 10.2. The Balaban J connectivity index is 0. The predicted octanol–water partition coefficient (Wildman–Crippen LogP) is 1.76. The highest BCUT2D eigenvalue weighted by Crippen LogP contribution is 2.37. The highest BCUT2D eigenvalue weighted by molar-refractivity contribution is 5.87. The van der Waals surface area contributed by atoms with Crippen molar-refractivity contribution in [3.05, 3.63) is 0 Å². The van der Waals surface area contributed by atoms with Crippen molar-refractivity contribution in [1.29, 1.82) is 0 Å². The van der Waals surface area contributed by atoms with E-state index in [1.54, 1.807) is 13.8 Å². The van der Waals surface area contributed by atoms with Gasteiger partial charge in [-0.2, -0.15) is 0 Å². The van der Waals surface area contributed by atoms with E-state index in [1.807, 2.05) is 14.0 Å². The molecule has 0 aromatic heterocycles. The van der Waals surface area contributed by atoms with Crippen molar-refractivity contribution < 1.29 is 19.2 Å². The third-order valence-electron chi connectivity index (χ3n) is 4.51. The molecule has 0 heterocycles. The first kappa shape index (κ1) is 28.3. The quantitative estimate of drug-likeness (QED) is 0.328. The predicted molar refractivity (Wildman–Crippen MR) is 112 cm³/mol.